The Balaban J connectivity index is 1.94. The molecule has 1 amide bonds. The third kappa shape index (κ3) is 3.92. The van der Waals surface area contributed by atoms with Gasteiger partial charge < -0.3 is 9.64 Å². The van der Waals surface area contributed by atoms with Crippen molar-refractivity contribution in [2.45, 2.75) is 59.5 Å². The van der Waals surface area contributed by atoms with E-state index in [0.717, 1.165) is 17.0 Å². The lowest BCUT2D eigenvalue weighted by Crippen LogP contribution is -2.31. The van der Waals surface area contributed by atoms with Gasteiger partial charge in [-0.05, 0) is 62.8 Å². The molecule has 1 fully saturated rings. The number of ether oxygens (including phenoxy) is 1. The molecule has 0 unspecified atom stereocenters. The summed E-state index contributed by atoms with van der Waals surface area (Å²) in [5.41, 5.74) is 5.90. The van der Waals surface area contributed by atoms with E-state index in [1.54, 1.807) is 0 Å². The minimum atomic E-state index is 0.160. The maximum absolute atomic E-state index is 12.4. The summed E-state index contributed by atoms with van der Waals surface area (Å²) in [5.74, 6) is 1.69. The largest absolute Gasteiger partial charge is 0.489 e. The molecular weight excluding hydrogens is 322 g/mol. The Kier molecular flexibility index (Phi) is 5.65. The molecule has 138 valence electrons. The molecular formula is C23H29NO2. The second-order valence-electron chi connectivity index (χ2n) is 7.17. The number of hydrogen-bond donors (Lipinski definition) is 0. The lowest BCUT2D eigenvalue weighted by molar-refractivity contribution is -0.118. The second-order valence-corrected chi connectivity index (χ2v) is 7.17. The van der Waals surface area contributed by atoms with Crippen molar-refractivity contribution in [3.8, 4) is 5.75 Å². The van der Waals surface area contributed by atoms with E-state index in [2.05, 4.69) is 44.2 Å². The SMILES string of the molecule is CCC(=O)N(CC)c1cccc(C2CC2)c1COc1ccc(C)cc1C. The van der Waals surface area contributed by atoms with Gasteiger partial charge in [-0.15, -0.1) is 0 Å². The van der Waals surface area contributed by atoms with Gasteiger partial charge in [-0.3, -0.25) is 4.79 Å². The van der Waals surface area contributed by atoms with Gasteiger partial charge in [0.05, 0.1) is 5.69 Å². The van der Waals surface area contributed by atoms with Crippen LogP contribution in [-0.2, 0) is 11.4 Å². The molecule has 3 heteroatoms. The number of aryl methyl sites for hydroxylation is 2. The van der Waals surface area contributed by atoms with Crippen LogP contribution in [0.25, 0.3) is 0 Å². The summed E-state index contributed by atoms with van der Waals surface area (Å²) in [5, 5.41) is 0. The molecule has 0 heterocycles. The molecule has 1 aliphatic carbocycles. The molecule has 3 nitrogen and oxygen atoms in total. The van der Waals surface area contributed by atoms with E-state index in [1.165, 1.54) is 29.5 Å². The number of nitrogens with zero attached hydrogens (tertiary/aromatic N) is 1. The monoisotopic (exact) mass is 351 g/mol. The van der Waals surface area contributed by atoms with Crippen molar-refractivity contribution >= 4 is 11.6 Å². The molecule has 0 saturated heterocycles. The van der Waals surface area contributed by atoms with Crippen molar-refractivity contribution in [2.24, 2.45) is 0 Å². The zero-order valence-electron chi connectivity index (χ0n) is 16.3. The van der Waals surface area contributed by atoms with Crippen LogP contribution in [0.4, 0.5) is 5.69 Å². The Morgan fingerprint density at radius 2 is 1.92 bits per heavy atom. The van der Waals surface area contributed by atoms with Crippen molar-refractivity contribution in [1.29, 1.82) is 0 Å². The lowest BCUT2D eigenvalue weighted by Gasteiger charge is -2.25. The van der Waals surface area contributed by atoms with Gasteiger partial charge in [0.2, 0.25) is 5.91 Å². The Hall–Kier alpha value is -2.29. The van der Waals surface area contributed by atoms with Gasteiger partial charge in [0, 0.05) is 18.5 Å². The molecule has 1 aliphatic rings. The van der Waals surface area contributed by atoms with Crippen molar-refractivity contribution in [1.82, 2.24) is 0 Å². The first-order valence-corrected chi connectivity index (χ1v) is 9.67. The summed E-state index contributed by atoms with van der Waals surface area (Å²) in [4.78, 5) is 14.3. The van der Waals surface area contributed by atoms with E-state index in [4.69, 9.17) is 4.74 Å². The summed E-state index contributed by atoms with van der Waals surface area (Å²) < 4.78 is 6.21. The highest BCUT2D eigenvalue weighted by atomic mass is 16.5. The number of hydrogen-bond acceptors (Lipinski definition) is 2. The standard InChI is InChI=1S/C23H29NO2/c1-5-23(25)24(6-2)21-9-7-8-19(18-11-12-18)20(21)15-26-22-13-10-16(3)14-17(22)4/h7-10,13-14,18H,5-6,11-12,15H2,1-4H3. The fourth-order valence-electron chi connectivity index (χ4n) is 3.56. The number of anilines is 1. The molecule has 0 atom stereocenters. The fraction of sp³-hybridized carbons (Fsp3) is 0.435. The topological polar surface area (TPSA) is 29.5 Å². The van der Waals surface area contributed by atoms with Crippen molar-refractivity contribution in [3.63, 3.8) is 0 Å². The summed E-state index contributed by atoms with van der Waals surface area (Å²) >= 11 is 0. The van der Waals surface area contributed by atoms with Crippen LogP contribution < -0.4 is 9.64 Å². The molecule has 0 aromatic heterocycles. The van der Waals surface area contributed by atoms with E-state index < -0.39 is 0 Å². The summed E-state index contributed by atoms with van der Waals surface area (Å²) in [7, 11) is 0. The third-order valence-electron chi connectivity index (χ3n) is 5.12. The lowest BCUT2D eigenvalue weighted by atomic mass is 10.0. The summed E-state index contributed by atoms with van der Waals surface area (Å²) in [6.07, 6.45) is 2.97. The number of carbonyl (C=O) groups is 1. The van der Waals surface area contributed by atoms with Gasteiger partial charge in [-0.1, -0.05) is 36.8 Å². The normalized spacial score (nSPS) is 13.5. The molecule has 0 bridgehead atoms. The van der Waals surface area contributed by atoms with Gasteiger partial charge in [0.15, 0.2) is 0 Å². The van der Waals surface area contributed by atoms with Crippen LogP contribution in [-0.4, -0.2) is 12.5 Å². The number of amides is 1. The average Bonchev–Trinajstić information content (AvgIpc) is 3.47. The molecule has 0 radical (unpaired) electrons. The maximum atomic E-state index is 12.4. The van der Waals surface area contributed by atoms with E-state index in [-0.39, 0.29) is 5.91 Å². The van der Waals surface area contributed by atoms with Gasteiger partial charge in [0.1, 0.15) is 12.4 Å². The minimum Gasteiger partial charge on any atom is -0.489 e. The molecule has 3 rings (SSSR count). The Morgan fingerprint density at radius 3 is 2.54 bits per heavy atom. The van der Waals surface area contributed by atoms with Crippen LogP contribution in [0.15, 0.2) is 36.4 Å². The van der Waals surface area contributed by atoms with Crippen LogP contribution in [0.1, 0.15) is 61.3 Å². The quantitative estimate of drug-likeness (QED) is 0.657. The van der Waals surface area contributed by atoms with E-state index in [9.17, 15) is 4.79 Å². The number of carbonyl (C=O) groups excluding carboxylic acids is 1. The van der Waals surface area contributed by atoms with Crippen molar-refractivity contribution < 1.29 is 9.53 Å². The molecule has 2 aromatic rings. The van der Waals surface area contributed by atoms with Crippen LogP contribution >= 0.6 is 0 Å². The van der Waals surface area contributed by atoms with Crippen molar-refractivity contribution in [3.05, 3.63) is 58.7 Å². The Labute approximate surface area is 157 Å². The number of rotatable bonds is 7. The van der Waals surface area contributed by atoms with Crippen LogP contribution in [0.3, 0.4) is 0 Å². The van der Waals surface area contributed by atoms with E-state index in [1.807, 2.05) is 24.8 Å². The highest BCUT2D eigenvalue weighted by molar-refractivity contribution is 5.94. The van der Waals surface area contributed by atoms with E-state index >= 15 is 0 Å². The molecule has 1 saturated carbocycles. The minimum absolute atomic E-state index is 0.160. The average molecular weight is 351 g/mol. The Bertz CT molecular complexity index is 793. The molecule has 0 N–H and O–H groups in total. The fourth-order valence-corrected chi connectivity index (χ4v) is 3.56. The molecule has 0 spiro atoms. The van der Waals surface area contributed by atoms with Gasteiger partial charge in [-0.2, -0.15) is 0 Å². The molecule has 2 aromatic carbocycles. The first kappa shape index (κ1) is 18.5. The zero-order chi connectivity index (χ0) is 18.7. The highest BCUT2D eigenvalue weighted by Crippen LogP contribution is 2.44. The van der Waals surface area contributed by atoms with Crippen molar-refractivity contribution in [2.75, 3.05) is 11.4 Å². The van der Waals surface area contributed by atoms with Gasteiger partial charge in [-0.25, -0.2) is 0 Å². The molecule has 0 aliphatic heterocycles. The molecule has 26 heavy (non-hydrogen) atoms. The highest BCUT2D eigenvalue weighted by Gasteiger charge is 2.29. The van der Waals surface area contributed by atoms with Crippen LogP contribution in [0.2, 0.25) is 0 Å². The second kappa shape index (κ2) is 7.94. The Morgan fingerprint density at radius 1 is 1.15 bits per heavy atom. The number of benzene rings is 2. The van der Waals surface area contributed by atoms with Crippen LogP contribution in [0.5, 0.6) is 5.75 Å². The summed E-state index contributed by atoms with van der Waals surface area (Å²) in [6, 6.07) is 12.6. The smallest absolute Gasteiger partial charge is 0.226 e. The third-order valence-corrected chi connectivity index (χ3v) is 5.12. The van der Waals surface area contributed by atoms with Gasteiger partial charge >= 0.3 is 0 Å². The summed E-state index contributed by atoms with van der Waals surface area (Å²) in [6.45, 7) is 9.30. The predicted molar refractivity (Wildman–Crippen MR) is 107 cm³/mol. The van der Waals surface area contributed by atoms with Gasteiger partial charge in [0.25, 0.3) is 0 Å². The van der Waals surface area contributed by atoms with Crippen LogP contribution in [0, 0.1) is 13.8 Å². The first-order chi connectivity index (χ1) is 12.5. The van der Waals surface area contributed by atoms with E-state index in [0.29, 0.717) is 25.5 Å². The first-order valence-electron chi connectivity index (χ1n) is 9.67. The predicted octanol–water partition coefficient (Wildman–Crippen LogP) is 5.52. The maximum Gasteiger partial charge on any atom is 0.226 e. The zero-order valence-corrected chi connectivity index (χ0v) is 16.3.